The lowest BCUT2D eigenvalue weighted by Gasteiger charge is -2.16. The third kappa shape index (κ3) is 4.99. The molecule has 2 aromatic rings. The molecule has 1 unspecified atom stereocenters. The van der Waals surface area contributed by atoms with Gasteiger partial charge in [-0.2, -0.15) is 0 Å². The van der Waals surface area contributed by atoms with Crippen molar-refractivity contribution in [2.45, 2.75) is 64.2 Å². The van der Waals surface area contributed by atoms with E-state index in [2.05, 4.69) is 6.92 Å². The molecule has 30 heavy (non-hydrogen) atoms. The number of ketones is 1. The molecule has 0 aromatic heterocycles. The van der Waals surface area contributed by atoms with Gasteiger partial charge >= 0.3 is 0 Å². The van der Waals surface area contributed by atoms with Gasteiger partial charge in [0.15, 0.2) is 5.78 Å². The van der Waals surface area contributed by atoms with Gasteiger partial charge in [0.1, 0.15) is 5.92 Å². The number of hydrogen-bond acceptors (Lipinski definition) is 3. The number of benzene rings is 2. The number of unbranched alkanes of at least 4 members (excludes halogenated alkanes) is 6. The molecule has 0 radical (unpaired) electrons. The number of carbonyl (C=O) groups excluding carboxylic acids is 3. The fourth-order valence-corrected chi connectivity index (χ4v) is 4.08. The molecule has 0 N–H and O–H groups in total. The van der Waals surface area contributed by atoms with Crippen LogP contribution in [0, 0.1) is 0 Å². The lowest BCUT2D eigenvalue weighted by molar-refractivity contribution is -0.126. The first-order valence-corrected chi connectivity index (χ1v) is 11.2. The number of anilines is 1. The second-order valence-corrected chi connectivity index (χ2v) is 8.24. The second-order valence-electron chi connectivity index (χ2n) is 7.80. The summed E-state index contributed by atoms with van der Waals surface area (Å²) in [5.74, 6) is -1.98. The average molecular weight is 426 g/mol. The lowest BCUT2D eigenvalue weighted by Crippen LogP contribution is -2.36. The fraction of sp³-hybridized carbons (Fsp3) is 0.400. The minimum Gasteiger partial charge on any atom is -0.293 e. The Hall–Kier alpha value is -2.46. The number of nitrogens with zero attached hydrogens (tertiary/aromatic N) is 1. The van der Waals surface area contributed by atoms with Gasteiger partial charge in [-0.3, -0.25) is 14.4 Å². The van der Waals surface area contributed by atoms with Gasteiger partial charge in [0.2, 0.25) is 11.8 Å². The Morgan fingerprint density at radius 2 is 1.53 bits per heavy atom. The highest BCUT2D eigenvalue weighted by Gasteiger charge is 2.44. The van der Waals surface area contributed by atoms with Gasteiger partial charge in [0.25, 0.3) is 0 Å². The molecule has 0 aliphatic carbocycles. The molecule has 0 saturated heterocycles. The third-order valence-corrected chi connectivity index (χ3v) is 5.84. The van der Waals surface area contributed by atoms with E-state index >= 15 is 0 Å². The summed E-state index contributed by atoms with van der Waals surface area (Å²) >= 11 is 5.92. The maximum atomic E-state index is 13.2. The first-order chi connectivity index (χ1) is 14.5. The van der Waals surface area contributed by atoms with E-state index in [1.807, 2.05) is 0 Å². The van der Waals surface area contributed by atoms with Crippen LogP contribution in [0.3, 0.4) is 0 Å². The number of halogens is 1. The molecule has 0 fully saturated rings. The summed E-state index contributed by atoms with van der Waals surface area (Å²) in [4.78, 5) is 40.3. The minimum absolute atomic E-state index is 0.229. The van der Waals surface area contributed by atoms with Gasteiger partial charge in [0, 0.05) is 17.0 Å². The lowest BCUT2D eigenvalue weighted by atomic mass is 9.92. The Labute approximate surface area is 183 Å². The van der Waals surface area contributed by atoms with E-state index < -0.39 is 11.8 Å². The van der Waals surface area contributed by atoms with Crippen molar-refractivity contribution in [1.29, 1.82) is 0 Å². The van der Waals surface area contributed by atoms with Crippen molar-refractivity contribution < 1.29 is 14.4 Å². The van der Waals surface area contributed by atoms with Crippen LogP contribution in [0.2, 0.25) is 5.02 Å². The summed E-state index contributed by atoms with van der Waals surface area (Å²) in [6, 6.07) is 13.6. The number of hydrogen-bond donors (Lipinski definition) is 0. The summed E-state index contributed by atoms with van der Waals surface area (Å²) < 4.78 is 0. The Kier molecular flexibility index (Phi) is 7.81. The first-order valence-electron chi connectivity index (χ1n) is 10.8. The summed E-state index contributed by atoms with van der Waals surface area (Å²) in [7, 11) is 0. The number of imide groups is 1. The molecule has 0 bridgehead atoms. The molecule has 0 saturated carbocycles. The summed E-state index contributed by atoms with van der Waals surface area (Å²) in [6.45, 7) is 2.19. The third-order valence-electron chi connectivity index (χ3n) is 5.59. The van der Waals surface area contributed by atoms with Crippen molar-refractivity contribution in [3.8, 4) is 0 Å². The quantitative estimate of drug-likeness (QED) is 0.254. The highest BCUT2D eigenvalue weighted by atomic mass is 35.5. The SMILES string of the molecule is CCCCCCCCCC(=O)N1C(=O)C(C(=O)c2ccc(Cl)cc2)c2ccccc21. The molecule has 1 heterocycles. The van der Waals surface area contributed by atoms with Gasteiger partial charge in [-0.25, -0.2) is 4.90 Å². The van der Waals surface area contributed by atoms with Crippen molar-refractivity contribution in [3.63, 3.8) is 0 Å². The Morgan fingerprint density at radius 3 is 2.23 bits per heavy atom. The van der Waals surface area contributed by atoms with Crippen LogP contribution in [-0.4, -0.2) is 17.6 Å². The van der Waals surface area contributed by atoms with Crippen LogP contribution in [0.4, 0.5) is 5.69 Å². The second kappa shape index (κ2) is 10.5. The zero-order chi connectivity index (χ0) is 21.5. The van der Waals surface area contributed by atoms with E-state index in [0.29, 0.717) is 28.3 Å². The predicted octanol–water partition coefficient (Wildman–Crippen LogP) is 6.32. The zero-order valence-electron chi connectivity index (χ0n) is 17.4. The van der Waals surface area contributed by atoms with Crippen molar-refractivity contribution >= 4 is 34.9 Å². The number of fused-ring (bicyclic) bond motifs is 1. The van der Waals surface area contributed by atoms with Gasteiger partial charge in [-0.1, -0.05) is 75.2 Å². The molecule has 2 aromatic carbocycles. The maximum absolute atomic E-state index is 13.2. The first kappa shape index (κ1) is 22.2. The predicted molar refractivity (Wildman–Crippen MR) is 120 cm³/mol. The molecule has 158 valence electrons. The van der Waals surface area contributed by atoms with Crippen LogP contribution in [0.25, 0.3) is 0 Å². The molecule has 3 rings (SSSR count). The topological polar surface area (TPSA) is 54.5 Å². The van der Waals surface area contributed by atoms with Crippen LogP contribution in [0.1, 0.15) is 80.1 Å². The Morgan fingerprint density at radius 1 is 0.900 bits per heavy atom. The Balaban J connectivity index is 1.69. The molecule has 1 aliphatic rings. The normalized spacial score (nSPS) is 15.3. The largest absolute Gasteiger partial charge is 0.293 e. The zero-order valence-corrected chi connectivity index (χ0v) is 18.2. The number of para-hydroxylation sites is 1. The van der Waals surface area contributed by atoms with Gasteiger partial charge < -0.3 is 0 Å². The highest BCUT2D eigenvalue weighted by molar-refractivity contribution is 6.31. The summed E-state index contributed by atoms with van der Waals surface area (Å²) in [6.07, 6.45) is 8.04. The van der Waals surface area contributed by atoms with E-state index in [1.165, 1.54) is 30.6 Å². The molecular formula is C25H28ClNO3. The minimum atomic E-state index is -0.986. The summed E-state index contributed by atoms with van der Waals surface area (Å²) in [5, 5.41) is 0.524. The standard InChI is InChI=1S/C25H28ClNO3/c1-2-3-4-5-6-7-8-13-22(28)27-21-12-10-9-11-20(21)23(25(27)30)24(29)18-14-16-19(26)17-15-18/h9-12,14-17,23H,2-8,13H2,1H3. The van der Waals surface area contributed by atoms with Gasteiger partial charge in [-0.15, -0.1) is 0 Å². The van der Waals surface area contributed by atoms with Crippen LogP contribution in [0.15, 0.2) is 48.5 Å². The number of carbonyl (C=O) groups is 3. The average Bonchev–Trinajstić information content (AvgIpc) is 3.04. The molecular weight excluding hydrogens is 398 g/mol. The van der Waals surface area contributed by atoms with E-state index in [1.54, 1.807) is 48.5 Å². The monoisotopic (exact) mass is 425 g/mol. The number of rotatable bonds is 10. The van der Waals surface area contributed by atoms with E-state index in [0.717, 1.165) is 19.3 Å². The van der Waals surface area contributed by atoms with Crippen LogP contribution < -0.4 is 4.90 Å². The van der Waals surface area contributed by atoms with Crippen LogP contribution >= 0.6 is 11.6 Å². The fourth-order valence-electron chi connectivity index (χ4n) is 3.95. The maximum Gasteiger partial charge on any atom is 0.249 e. The van der Waals surface area contributed by atoms with E-state index in [9.17, 15) is 14.4 Å². The molecule has 1 aliphatic heterocycles. The van der Waals surface area contributed by atoms with Gasteiger partial charge in [0.05, 0.1) is 5.69 Å². The summed E-state index contributed by atoms with van der Waals surface area (Å²) in [5.41, 5.74) is 1.53. The number of Topliss-reactive ketones (excluding diaryl/α,β-unsaturated/α-hetero) is 1. The van der Waals surface area contributed by atoms with E-state index in [4.69, 9.17) is 11.6 Å². The molecule has 2 amide bonds. The number of amides is 2. The van der Waals surface area contributed by atoms with Gasteiger partial charge in [-0.05, 0) is 42.3 Å². The van der Waals surface area contributed by atoms with Crippen LogP contribution in [-0.2, 0) is 9.59 Å². The molecule has 0 spiro atoms. The highest BCUT2D eigenvalue weighted by Crippen LogP contribution is 2.39. The van der Waals surface area contributed by atoms with Crippen molar-refractivity contribution in [2.24, 2.45) is 0 Å². The molecule has 4 nitrogen and oxygen atoms in total. The molecule has 1 atom stereocenters. The van der Waals surface area contributed by atoms with Crippen LogP contribution in [0.5, 0.6) is 0 Å². The smallest absolute Gasteiger partial charge is 0.249 e. The molecule has 5 heteroatoms. The Bertz CT molecular complexity index is 907. The van der Waals surface area contributed by atoms with E-state index in [-0.39, 0.29) is 11.7 Å². The van der Waals surface area contributed by atoms with Crippen molar-refractivity contribution in [3.05, 3.63) is 64.7 Å². The van der Waals surface area contributed by atoms with Crippen molar-refractivity contribution in [2.75, 3.05) is 4.90 Å². The van der Waals surface area contributed by atoms with Crippen molar-refractivity contribution in [1.82, 2.24) is 0 Å².